The van der Waals surface area contributed by atoms with Crippen molar-refractivity contribution in [2.45, 2.75) is 19.9 Å². The molecule has 2 rings (SSSR count). The van der Waals surface area contributed by atoms with Gasteiger partial charge in [0.15, 0.2) is 0 Å². The quantitative estimate of drug-likeness (QED) is 0.874. The number of nitrogens with zero attached hydrogens (tertiary/aromatic N) is 3. The monoisotopic (exact) mass is 280 g/mol. The summed E-state index contributed by atoms with van der Waals surface area (Å²) in [5.74, 6) is 0.444. The van der Waals surface area contributed by atoms with Crippen LogP contribution in [0.4, 0.5) is 5.95 Å². The van der Waals surface area contributed by atoms with Crippen molar-refractivity contribution in [1.82, 2.24) is 15.0 Å². The lowest BCUT2D eigenvalue weighted by Gasteiger charge is -2.07. The number of hydrogen-bond acceptors (Lipinski definition) is 7. The summed E-state index contributed by atoms with van der Waals surface area (Å²) in [5, 5.41) is 5.25. The minimum absolute atomic E-state index is 0.233. The van der Waals surface area contributed by atoms with E-state index in [1.54, 1.807) is 11.3 Å². The summed E-state index contributed by atoms with van der Waals surface area (Å²) in [5.41, 5.74) is 1.34. The van der Waals surface area contributed by atoms with Crippen LogP contribution in [-0.4, -0.2) is 29.2 Å². The van der Waals surface area contributed by atoms with Gasteiger partial charge >= 0.3 is 12.0 Å². The van der Waals surface area contributed by atoms with Crippen molar-refractivity contribution in [3.8, 4) is 12.0 Å². The van der Waals surface area contributed by atoms with E-state index in [0.717, 1.165) is 6.42 Å². The maximum atomic E-state index is 5.00. The average Bonchev–Trinajstić information content (AvgIpc) is 2.92. The van der Waals surface area contributed by atoms with Gasteiger partial charge in [-0.15, -0.1) is 16.3 Å². The molecule has 0 spiro atoms. The summed E-state index contributed by atoms with van der Waals surface area (Å²) in [7, 11) is 3.01. The minimum atomic E-state index is 0.233. The van der Waals surface area contributed by atoms with E-state index in [-0.39, 0.29) is 12.0 Å². The molecule has 2 heterocycles. The Morgan fingerprint density at radius 1 is 1.16 bits per heavy atom. The van der Waals surface area contributed by atoms with Crippen LogP contribution in [0.3, 0.4) is 0 Å². The summed E-state index contributed by atoms with van der Waals surface area (Å²) < 4.78 is 10.00. The van der Waals surface area contributed by atoms with Gasteiger partial charge in [-0.2, -0.15) is 9.97 Å². The normalized spacial score (nSPS) is 10.3. The molecule has 2 aromatic heterocycles. The fourth-order valence-corrected chi connectivity index (χ4v) is 2.51. The second kappa shape index (κ2) is 6.33. The van der Waals surface area contributed by atoms with Gasteiger partial charge in [-0.25, -0.2) is 0 Å². The standard InChI is InChI=1S/C12H16N4O2S/c1-4-8-5-6-19-9(8)7-13-10-14-11(17-2)16-12(15-10)18-3/h5-6H,4,7H2,1-3H3,(H,13,14,15,16). The number of nitrogens with one attached hydrogen (secondary N) is 1. The molecule has 0 aliphatic heterocycles. The Hall–Kier alpha value is -1.89. The van der Waals surface area contributed by atoms with Gasteiger partial charge in [-0.05, 0) is 23.4 Å². The number of thiophene rings is 1. The van der Waals surface area contributed by atoms with E-state index in [1.807, 2.05) is 0 Å². The molecule has 0 atom stereocenters. The number of ether oxygens (including phenoxy) is 2. The molecule has 0 amide bonds. The molecule has 102 valence electrons. The maximum Gasteiger partial charge on any atom is 0.324 e. The fraction of sp³-hybridized carbons (Fsp3) is 0.417. The van der Waals surface area contributed by atoms with Gasteiger partial charge in [-0.1, -0.05) is 6.92 Å². The predicted octanol–water partition coefficient (Wildman–Crippen LogP) is 2.12. The smallest absolute Gasteiger partial charge is 0.324 e. The SMILES string of the molecule is CCc1ccsc1CNc1nc(OC)nc(OC)n1. The number of aryl methyl sites for hydroxylation is 1. The van der Waals surface area contributed by atoms with Crippen molar-refractivity contribution < 1.29 is 9.47 Å². The molecule has 0 aliphatic rings. The van der Waals surface area contributed by atoms with Crippen molar-refractivity contribution in [3.05, 3.63) is 21.9 Å². The summed E-state index contributed by atoms with van der Waals surface area (Å²) in [4.78, 5) is 13.5. The molecule has 0 fully saturated rings. The van der Waals surface area contributed by atoms with Crippen molar-refractivity contribution in [1.29, 1.82) is 0 Å². The van der Waals surface area contributed by atoms with Gasteiger partial charge in [0.2, 0.25) is 5.95 Å². The fourth-order valence-electron chi connectivity index (χ4n) is 1.60. The van der Waals surface area contributed by atoms with E-state index in [4.69, 9.17) is 9.47 Å². The number of methoxy groups -OCH3 is 2. The predicted molar refractivity (Wildman–Crippen MR) is 74.0 cm³/mol. The highest BCUT2D eigenvalue weighted by molar-refractivity contribution is 7.10. The Labute approximate surface area is 115 Å². The number of rotatable bonds is 6. The lowest BCUT2D eigenvalue weighted by Crippen LogP contribution is -2.07. The number of hydrogen-bond donors (Lipinski definition) is 1. The first-order valence-corrected chi connectivity index (χ1v) is 6.78. The van der Waals surface area contributed by atoms with Gasteiger partial charge in [0.05, 0.1) is 20.8 Å². The summed E-state index contributed by atoms with van der Waals surface area (Å²) in [6.45, 7) is 2.82. The molecular formula is C12H16N4O2S. The molecule has 0 aliphatic carbocycles. The molecule has 0 aromatic carbocycles. The van der Waals surface area contributed by atoms with E-state index in [1.165, 1.54) is 24.7 Å². The van der Waals surface area contributed by atoms with Crippen LogP contribution in [0.1, 0.15) is 17.4 Å². The van der Waals surface area contributed by atoms with Gasteiger partial charge in [-0.3, -0.25) is 0 Å². The third kappa shape index (κ3) is 3.31. The second-order valence-corrected chi connectivity index (χ2v) is 4.71. The van der Waals surface area contributed by atoms with E-state index >= 15 is 0 Å². The van der Waals surface area contributed by atoms with Gasteiger partial charge in [0.25, 0.3) is 0 Å². The van der Waals surface area contributed by atoms with Crippen molar-refractivity contribution in [2.75, 3.05) is 19.5 Å². The molecule has 0 saturated carbocycles. The Kier molecular flexibility index (Phi) is 4.51. The van der Waals surface area contributed by atoms with E-state index in [2.05, 4.69) is 38.6 Å². The average molecular weight is 280 g/mol. The lowest BCUT2D eigenvalue weighted by atomic mass is 10.2. The van der Waals surface area contributed by atoms with Gasteiger partial charge < -0.3 is 14.8 Å². The zero-order valence-electron chi connectivity index (χ0n) is 11.1. The summed E-state index contributed by atoms with van der Waals surface area (Å²) >= 11 is 1.72. The molecule has 0 bridgehead atoms. The number of anilines is 1. The molecule has 7 heteroatoms. The highest BCUT2D eigenvalue weighted by Gasteiger charge is 2.08. The first kappa shape index (κ1) is 13.5. The lowest BCUT2D eigenvalue weighted by molar-refractivity contribution is 0.341. The summed E-state index contributed by atoms with van der Waals surface area (Å²) in [6.07, 6.45) is 1.02. The van der Waals surface area contributed by atoms with Crippen LogP contribution < -0.4 is 14.8 Å². The number of aromatic nitrogens is 3. The zero-order valence-corrected chi connectivity index (χ0v) is 12.0. The van der Waals surface area contributed by atoms with Gasteiger partial charge in [0.1, 0.15) is 0 Å². The van der Waals surface area contributed by atoms with Gasteiger partial charge in [0, 0.05) is 4.88 Å². The van der Waals surface area contributed by atoms with Crippen LogP contribution >= 0.6 is 11.3 Å². The zero-order chi connectivity index (χ0) is 13.7. The molecule has 2 aromatic rings. The second-order valence-electron chi connectivity index (χ2n) is 3.71. The minimum Gasteiger partial charge on any atom is -0.467 e. The molecule has 19 heavy (non-hydrogen) atoms. The van der Waals surface area contributed by atoms with Crippen LogP contribution in [0, 0.1) is 0 Å². The molecule has 6 nitrogen and oxygen atoms in total. The highest BCUT2D eigenvalue weighted by atomic mass is 32.1. The first-order chi connectivity index (χ1) is 9.26. The van der Waals surface area contributed by atoms with Crippen LogP contribution in [-0.2, 0) is 13.0 Å². The van der Waals surface area contributed by atoms with E-state index in [9.17, 15) is 0 Å². The third-order valence-electron chi connectivity index (χ3n) is 2.59. The Morgan fingerprint density at radius 3 is 2.42 bits per heavy atom. The van der Waals surface area contributed by atoms with E-state index in [0.29, 0.717) is 12.5 Å². The van der Waals surface area contributed by atoms with Crippen LogP contribution in [0.2, 0.25) is 0 Å². The van der Waals surface area contributed by atoms with Crippen LogP contribution in [0.5, 0.6) is 12.0 Å². The maximum absolute atomic E-state index is 5.00. The topological polar surface area (TPSA) is 69.2 Å². The molecule has 0 saturated heterocycles. The molecule has 0 unspecified atom stereocenters. The Bertz CT molecular complexity index is 522. The Balaban J connectivity index is 2.10. The Morgan fingerprint density at radius 2 is 1.84 bits per heavy atom. The third-order valence-corrected chi connectivity index (χ3v) is 3.55. The van der Waals surface area contributed by atoms with E-state index < -0.39 is 0 Å². The van der Waals surface area contributed by atoms with Crippen molar-refractivity contribution >= 4 is 17.3 Å². The van der Waals surface area contributed by atoms with Crippen LogP contribution in [0.25, 0.3) is 0 Å². The largest absolute Gasteiger partial charge is 0.467 e. The molecule has 0 radical (unpaired) electrons. The first-order valence-electron chi connectivity index (χ1n) is 5.90. The highest BCUT2D eigenvalue weighted by Crippen LogP contribution is 2.19. The van der Waals surface area contributed by atoms with Crippen molar-refractivity contribution in [3.63, 3.8) is 0 Å². The summed E-state index contributed by atoms with van der Waals surface area (Å²) in [6, 6.07) is 2.60. The molecular weight excluding hydrogens is 264 g/mol. The van der Waals surface area contributed by atoms with Crippen LogP contribution in [0.15, 0.2) is 11.4 Å². The van der Waals surface area contributed by atoms with Crippen molar-refractivity contribution in [2.24, 2.45) is 0 Å². The molecule has 1 N–H and O–H groups in total.